The van der Waals surface area contributed by atoms with Gasteiger partial charge in [-0.05, 0) is 84.5 Å². The smallest absolute Gasteiger partial charge is 0.319 e. The third-order valence-electron chi connectivity index (χ3n) is 16.9. The molecule has 2 bridgehead atoms. The third-order valence-corrected chi connectivity index (χ3v) is 16.9. The molecule has 5 aliphatic rings. The number of fused-ring (bicyclic) bond motifs is 4. The molecule has 4 aromatic heterocycles. The molecule has 13 rings (SSSR count). The van der Waals surface area contributed by atoms with Crippen LogP contribution >= 0.6 is 0 Å². The van der Waals surface area contributed by atoms with Crippen LogP contribution < -0.4 is 25.0 Å². The standard InChI is InChI=1S/C61H64F2N12O7/c1-32(2)56(60(79)74-28-41(77)22-51(74)59(78)67-50(30-76)37-12-14-38(15-13-37)54-46(62)5-4-18-64-54)75-29-49(71-72-75)36-8-6-34(7-9-36)31-81-57-53(52-33(3)47(63)24-48-45(52)26-66-70-48)43(35-10-11-35)23-44-55(57)68-61(82-42-16-19-80-20-17-42)69-58(44)73-27-39-21-40(73)25-65-39/h4-9,12-15,18,23-24,26,29,32,35,39-42,50-51,56,65,76-77H,10-11,16-17,19-22,25,27-28,30-31H2,1-3H3,(H,66,70)(H,67,78)/t39-,40-,41+,50-,51-,56-/m0/s1. The van der Waals surface area contributed by atoms with Crippen LogP contribution in [0.4, 0.5) is 14.6 Å². The van der Waals surface area contributed by atoms with Crippen LogP contribution in [0, 0.1) is 24.5 Å². The van der Waals surface area contributed by atoms with Crippen LogP contribution in [-0.4, -0.2) is 137 Å². The van der Waals surface area contributed by atoms with Crippen LogP contribution in [0.15, 0.2) is 91.4 Å². The fourth-order valence-electron chi connectivity index (χ4n) is 12.5. The number of nitrogens with zero attached hydrogens (tertiary/aromatic N) is 9. The number of hydrogen-bond acceptors (Lipinski definition) is 15. The topological polar surface area (TPSA) is 231 Å². The van der Waals surface area contributed by atoms with E-state index in [1.165, 1.54) is 34.0 Å². The lowest BCUT2D eigenvalue weighted by Gasteiger charge is -2.31. The summed E-state index contributed by atoms with van der Waals surface area (Å²) >= 11 is 0. The molecule has 19 nitrogen and oxygen atoms in total. The number of piperazine rings is 1. The lowest BCUT2D eigenvalue weighted by molar-refractivity contribution is -0.142. The molecule has 0 radical (unpaired) electrons. The highest BCUT2D eigenvalue weighted by Crippen LogP contribution is 2.53. The molecule has 0 unspecified atom stereocenters. The van der Waals surface area contributed by atoms with Gasteiger partial charge in [-0.2, -0.15) is 15.1 Å². The summed E-state index contributed by atoms with van der Waals surface area (Å²) in [5.74, 6) is -0.564. The highest BCUT2D eigenvalue weighted by molar-refractivity contribution is 6.06. The first kappa shape index (κ1) is 53.3. The molecular weight excluding hydrogens is 1050 g/mol. The quantitative estimate of drug-likeness (QED) is 0.0590. The molecule has 424 valence electrons. The number of pyridine rings is 1. The fraction of sp³-hybridized carbons (Fsp3) is 0.410. The molecule has 4 aromatic carbocycles. The summed E-state index contributed by atoms with van der Waals surface area (Å²) in [7, 11) is 0. The van der Waals surface area contributed by atoms with E-state index < -0.39 is 48.5 Å². The average molecular weight is 1120 g/mol. The monoisotopic (exact) mass is 1110 g/mol. The number of anilines is 1. The van der Waals surface area contributed by atoms with Gasteiger partial charge in [-0.15, -0.1) is 5.10 Å². The maximum absolute atomic E-state index is 16.2. The molecule has 5 N–H and O–H groups in total. The minimum atomic E-state index is -1.04. The first-order valence-corrected chi connectivity index (χ1v) is 28.4. The summed E-state index contributed by atoms with van der Waals surface area (Å²) in [5, 5.41) is 45.8. The number of hydrogen-bond donors (Lipinski definition) is 5. The van der Waals surface area contributed by atoms with Gasteiger partial charge in [0.05, 0.1) is 49.9 Å². The molecule has 1 aliphatic carbocycles. The van der Waals surface area contributed by atoms with E-state index in [1.54, 1.807) is 43.6 Å². The molecular formula is C61H64F2N12O7. The fourth-order valence-corrected chi connectivity index (χ4v) is 12.5. The Bertz CT molecular complexity index is 3700. The van der Waals surface area contributed by atoms with Gasteiger partial charge in [0.1, 0.15) is 59.2 Å². The van der Waals surface area contributed by atoms with Gasteiger partial charge in [0.15, 0.2) is 5.75 Å². The summed E-state index contributed by atoms with van der Waals surface area (Å²) in [6.45, 7) is 7.98. The number of β-amino-alcohol motifs (C(OH)–C–C–N with tert-alkyl or cyclic N) is 1. The number of carbonyl (C=O) groups is 2. The zero-order valence-electron chi connectivity index (χ0n) is 45.8. The van der Waals surface area contributed by atoms with Gasteiger partial charge in [-0.3, -0.25) is 19.7 Å². The summed E-state index contributed by atoms with van der Waals surface area (Å²) in [4.78, 5) is 46.9. The van der Waals surface area contributed by atoms with Crippen molar-refractivity contribution in [2.45, 2.75) is 114 Å². The Kier molecular flexibility index (Phi) is 14.4. The first-order valence-electron chi connectivity index (χ1n) is 28.4. The zero-order chi connectivity index (χ0) is 56.3. The van der Waals surface area contributed by atoms with E-state index in [0.717, 1.165) is 71.2 Å². The van der Waals surface area contributed by atoms with Gasteiger partial charge in [0.2, 0.25) is 11.8 Å². The van der Waals surface area contributed by atoms with Gasteiger partial charge in [-0.1, -0.05) is 67.6 Å². The Hall–Kier alpha value is -7.98. The van der Waals surface area contributed by atoms with Crippen molar-refractivity contribution in [1.29, 1.82) is 0 Å². The largest absolute Gasteiger partial charge is 0.486 e. The Balaban J connectivity index is 0.781. The number of aromatic amines is 1. The number of rotatable bonds is 17. The molecule has 82 heavy (non-hydrogen) atoms. The van der Waals surface area contributed by atoms with E-state index in [1.807, 2.05) is 38.1 Å². The molecule has 8 aromatic rings. The number of likely N-dealkylation sites (tertiary alicyclic amines) is 1. The molecule has 5 fully saturated rings. The number of amides is 2. The van der Waals surface area contributed by atoms with Crippen LogP contribution in [-0.2, 0) is 20.9 Å². The van der Waals surface area contributed by atoms with E-state index in [2.05, 4.69) is 47.1 Å². The van der Waals surface area contributed by atoms with Crippen molar-refractivity contribution < 1.29 is 42.8 Å². The number of ether oxygens (including phenoxy) is 3. The van der Waals surface area contributed by atoms with E-state index in [9.17, 15) is 24.2 Å². The molecule has 4 aliphatic heterocycles. The molecule has 21 heteroatoms. The Morgan fingerprint density at radius 1 is 0.927 bits per heavy atom. The lowest BCUT2D eigenvalue weighted by atomic mass is 9.88. The second kappa shape index (κ2) is 22.1. The lowest BCUT2D eigenvalue weighted by Crippen LogP contribution is -2.50. The highest BCUT2D eigenvalue weighted by Gasteiger charge is 2.44. The number of nitrogens with one attached hydrogen (secondary N) is 3. The maximum atomic E-state index is 16.2. The minimum absolute atomic E-state index is 0.00253. The van der Waals surface area contributed by atoms with Crippen molar-refractivity contribution in [2.24, 2.45) is 5.92 Å². The number of aromatic nitrogens is 8. The van der Waals surface area contributed by atoms with Crippen LogP contribution in [0.3, 0.4) is 0 Å². The summed E-state index contributed by atoms with van der Waals surface area (Å²) in [6.07, 6.45) is 8.24. The van der Waals surface area contributed by atoms with Crippen molar-refractivity contribution in [2.75, 3.05) is 44.4 Å². The zero-order valence-corrected chi connectivity index (χ0v) is 45.8. The van der Waals surface area contributed by atoms with E-state index >= 15 is 4.39 Å². The number of aliphatic hydroxyl groups is 2. The van der Waals surface area contributed by atoms with Crippen LogP contribution in [0.2, 0.25) is 0 Å². The van der Waals surface area contributed by atoms with Crippen LogP contribution in [0.5, 0.6) is 11.8 Å². The maximum Gasteiger partial charge on any atom is 0.319 e. The van der Waals surface area contributed by atoms with Crippen LogP contribution in [0.1, 0.15) is 92.6 Å². The van der Waals surface area contributed by atoms with E-state index in [4.69, 9.17) is 24.2 Å². The number of carbonyl (C=O) groups excluding carboxylic acids is 2. The number of aliphatic hydroxyl groups excluding tert-OH is 2. The predicted molar refractivity (Wildman–Crippen MR) is 301 cm³/mol. The summed E-state index contributed by atoms with van der Waals surface area (Å²) in [5.41, 5.74) is 7.50. The van der Waals surface area contributed by atoms with Crippen molar-refractivity contribution in [3.63, 3.8) is 0 Å². The molecule has 8 heterocycles. The minimum Gasteiger partial charge on any atom is -0.486 e. The normalized spacial score (nSPS) is 20.8. The Morgan fingerprint density at radius 2 is 1.72 bits per heavy atom. The molecule has 1 saturated carbocycles. The van der Waals surface area contributed by atoms with Gasteiger partial charge >= 0.3 is 6.01 Å². The number of halogens is 2. The average Bonchev–Trinajstić information content (AvgIpc) is 3.31. The Labute approximate surface area is 471 Å². The van der Waals surface area contributed by atoms with Crippen LogP contribution in [0.25, 0.3) is 55.4 Å². The highest BCUT2D eigenvalue weighted by atomic mass is 19.1. The predicted octanol–water partition coefficient (Wildman–Crippen LogP) is 7.65. The van der Waals surface area contributed by atoms with Crippen molar-refractivity contribution in [3.05, 3.63) is 125 Å². The SMILES string of the molecule is Cc1c(F)cc2[nH]ncc2c1-c1c(C2CC2)cc2c(N3C[C@@H]4C[C@H]3CN4)nc(OC3CCOCC3)nc2c1OCc1ccc(-c2cn([C@H](C(=O)N3C[C@H](O)C[C@H]3C(=O)N[C@@H](CO)c3ccc(-c4ncccc4F)cc3)C(C)C)nn2)cc1. The van der Waals surface area contributed by atoms with Gasteiger partial charge in [0, 0.05) is 90.2 Å². The molecule has 2 amide bonds. The molecule has 4 saturated heterocycles. The second-order valence-electron chi connectivity index (χ2n) is 22.8. The summed E-state index contributed by atoms with van der Waals surface area (Å²) < 4.78 is 51.6. The van der Waals surface area contributed by atoms with Crippen molar-refractivity contribution in [3.8, 4) is 45.4 Å². The van der Waals surface area contributed by atoms with Crippen molar-refractivity contribution >= 4 is 39.4 Å². The van der Waals surface area contributed by atoms with Crippen molar-refractivity contribution in [1.82, 2.24) is 55.7 Å². The first-order chi connectivity index (χ1) is 39.9. The van der Waals surface area contributed by atoms with Gasteiger partial charge in [0.25, 0.3) is 0 Å². The molecule has 0 spiro atoms. The summed E-state index contributed by atoms with van der Waals surface area (Å²) in [6, 6.07) is 19.0. The number of benzene rings is 4. The third kappa shape index (κ3) is 10.2. The number of H-pyrrole nitrogens is 1. The Morgan fingerprint density at radius 3 is 2.44 bits per heavy atom. The second-order valence-corrected chi connectivity index (χ2v) is 22.8. The van der Waals surface area contributed by atoms with E-state index in [0.29, 0.717) is 76.8 Å². The molecule has 6 atom stereocenters. The van der Waals surface area contributed by atoms with Gasteiger partial charge < -0.3 is 44.9 Å². The van der Waals surface area contributed by atoms with E-state index in [-0.39, 0.29) is 61.1 Å². The van der Waals surface area contributed by atoms with Gasteiger partial charge in [-0.25, -0.2) is 13.5 Å².